The van der Waals surface area contributed by atoms with Crippen LogP contribution in [0.3, 0.4) is 0 Å². The predicted octanol–water partition coefficient (Wildman–Crippen LogP) is 4.24. The van der Waals surface area contributed by atoms with Crippen LogP contribution in [0.25, 0.3) is 0 Å². The van der Waals surface area contributed by atoms with Crippen LogP contribution in [0, 0.1) is 29.6 Å². The van der Waals surface area contributed by atoms with E-state index in [9.17, 15) is 4.79 Å². The Morgan fingerprint density at radius 1 is 1.05 bits per heavy atom. The molecule has 1 amide bonds. The number of rotatable bonds is 10. The van der Waals surface area contributed by atoms with Crippen LogP contribution >= 0.6 is 0 Å². The summed E-state index contributed by atoms with van der Waals surface area (Å²) >= 11 is 0. The van der Waals surface area contributed by atoms with Crippen LogP contribution in [0.5, 0.6) is 0 Å². The Bertz CT molecular complexity index is 463. The van der Waals surface area contributed by atoms with Crippen LogP contribution in [0.15, 0.2) is 24.3 Å². The standard InChI is InChI=1S/C20H29NO/c1-4-5-6-7-8-9-10-11-12-13-14-15-16-17-20(22)21-18-19(2)3/h9-10,16-17,19H,8,11-15,18H2,1-3H3,(H,21,22). The first kappa shape index (κ1) is 20.1. The molecule has 22 heavy (non-hydrogen) atoms. The third-order valence-corrected chi connectivity index (χ3v) is 2.86. The molecule has 0 aromatic rings. The van der Waals surface area contributed by atoms with E-state index in [1.807, 2.05) is 6.08 Å². The molecule has 0 aliphatic heterocycles. The third-order valence-electron chi connectivity index (χ3n) is 2.86. The minimum atomic E-state index is 0.0190. The monoisotopic (exact) mass is 299 g/mol. The van der Waals surface area contributed by atoms with Crippen molar-refractivity contribution in [3.63, 3.8) is 0 Å². The van der Waals surface area contributed by atoms with E-state index in [1.54, 1.807) is 13.0 Å². The summed E-state index contributed by atoms with van der Waals surface area (Å²) < 4.78 is 0. The first-order valence-electron chi connectivity index (χ1n) is 8.15. The van der Waals surface area contributed by atoms with Crippen molar-refractivity contribution in [1.29, 1.82) is 0 Å². The van der Waals surface area contributed by atoms with E-state index in [2.05, 4.69) is 55.0 Å². The number of carbonyl (C=O) groups is 1. The van der Waals surface area contributed by atoms with E-state index in [0.717, 1.165) is 32.2 Å². The Morgan fingerprint density at radius 2 is 1.77 bits per heavy atom. The van der Waals surface area contributed by atoms with E-state index >= 15 is 0 Å². The molecule has 0 aromatic heterocycles. The number of allylic oxidation sites excluding steroid dienone is 3. The van der Waals surface area contributed by atoms with Gasteiger partial charge in [0.1, 0.15) is 0 Å². The van der Waals surface area contributed by atoms with Crippen LogP contribution in [0.4, 0.5) is 0 Å². The molecule has 0 heterocycles. The summed E-state index contributed by atoms with van der Waals surface area (Å²) in [6.45, 7) is 6.71. The number of carbonyl (C=O) groups excluding carboxylic acids is 1. The fourth-order valence-electron chi connectivity index (χ4n) is 1.67. The molecule has 2 nitrogen and oxygen atoms in total. The molecule has 0 aliphatic rings. The van der Waals surface area contributed by atoms with Crippen molar-refractivity contribution in [3.05, 3.63) is 24.3 Å². The fraction of sp³-hybridized carbons (Fsp3) is 0.550. The maximum Gasteiger partial charge on any atom is 0.243 e. The van der Waals surface area contributed by atoms with Gasteiger partial charge < -0.3 is 5.32 Å². The smallest absolute Gasteiger partial charge is 0.243 e. The molecular weight excluding hydrogens is 270 g/mol. The zero-order valence-electron chi connectivity index (χ0n) is 14.2. The highest BCUT2D eigenvalue weighted by molar-refractivity contribution is 5.87. The van der Waals surface area contributed by atoms with Gasteiger partial charge in [0.15, 0.2) is 0 Å². The molecule has 0 unspecified atom stereocenters. The van der Waals surface area contributed by atoms with Crippen LogP contribution in [-0.2, 0) is 4.79 Å². The van der Waals surface area contributed by atoms with Crippen molar-refractivity contribution in [2.75, 3.05) is 6.54 Å². The zero-order chi connectivity index (χ0) is 16.5. The van der Waals surface area contributed by atoms with Crippen molar-refractivity contribution in [2.24, 2.45) is 5.92 Å². The van der Waals surface area contributed by atoms with Gasteiger partial charge in [0.05, 0.1) is 0 Å². The number of hydrogen-bond acceptors (Lipinski definition) is 1. The van der Waals surface area contributed by atoms with Crippen LogP contribution in [0.1, 0.15) is 59.3 Å². The highest BCUT2D eigenvalue weighted by atomic mass is 16.1. The normalized spacial score (nSPS) is 10.4. The van der Waals surface area contributed by atoms with E-state index in [0.29, 0.717) is 5.92 Å². The van der Waals surface area contributed by atoms with Crippen LogP contribution in [-0.4, -0.2) is 12.5 Å². The maximum absolute atomic E-state index is 11.4. The lowest BCUT2D eigenvalue weighted by Gasteiger charge is -2.04. The number of amides is 1. The predicted molar refractivity (Wildman–Crippen MR) is 95.1 cm³/mol. The average Bonchev–Trinajstić information content (AvgIpc) is 2.49. The van der Waals surface area contributed by atoms with Crippen molar-refractivity contribution < 1.29 is 4.79 Å². The molecule has 0 atom stereocenters. The third kappa shape index (κ3) is 16.1. The average molecular weight is 299 g/mol. The summed E-state index contributed by atoms with van der Waals surface area (Å²) in [5.41, 5.74) is 0. The van der Waals surface area contributed by atoms with Gasteiger partial charge in [-0.2, -0.15) is 0 Å². The first-order valence-corrected chi connectivity index (χ1v) is 8.15. The van der Waals surface area contributed by atoms with Crippen molar-refractivity contribution >= 4 is 5.91 Å². The molecular formula is C20H29NO. The summed E-state index contributed by atoms with van der Waals surface area (Å²) in [5.74, 6) is 11.7. The lowest BCUT2D eigenvalue weighted by atomic mass is 10.1. The van der Waals surface area contributed by atoms with Gasteiger partial charge >= 0.3 is 0 Å². The van der Waals surface area contributed by atoms with E-state index < -0.39 is 0 Å². The second-order valence-electron chi connectivity index (χ2n) is 5.53. The lowest BCUT2D eigenvalue weighted by Crippen LogP contribution is -2.25. The van der Waals surface area contributed by atoms with Crippen molar-refractivity contribution in [1.82, 2.24) is 5.32 Å². The highest BCUT2D eigenvalue weighted by Crippen LogP contribution is 2.04. The summed E-state index contributed by atoms with van der Waals surface area (Å²) in [4.78, 5) is 11.4. The van der Waals surface area contributed by atoms with Crippen LogP contribution in [0.2, 0.25) is 0 Å². The molecule has 0 bridgehead atoms. The summed E-state index contributed by atoms with van der Waals surface area (Å²) in [6, 6.07) is 0. The second-order valence-corrected chi connectivity index (χ2v) is 5.53. The summed E-state index contributed by atoms with van der Waals surface area (Å²) in [5, 5.41) is 2.87. The minimum absolute atomic E-state index is 0.0190. The van der Waals surface area contributed by atoms with Crippen molar-refractivity contribution in [3.8, 4) is 23.7 Å². The lowest BCUT2D eigenvalue weighted by molar-refractivity contribution is -0.116. The molecule has 1 N–H and O–H groups in total. The summed E-state index contributed by atoms with van der Waals surface area (Å²) in [7, 11) is 0. The van der Waals surface area contributed by atoms with Crippen LogP contribution < -0.4 is 5.32 Å². The SMILES string of the molecule is CC#CC#CCC=CCCCCCC=CC(=O)NCC(C)C. The molecule has 0 spiro atoms. The Hall–Kier alpha value is -1.93. The van der Waals surface area contributed by atoms with Gasteiger partial charge in [0.2, 0.25) is 5.91 Å². The van der Waals surface area contributed by atoms with Gasteiger partial charge in [-0.3, -0.25) is 4.79 Å². The first-order chi connectivity index (χ1) is 10.7. The maximum atomic E-state index is 11.4. The van der Waals surface area contributed by atoms with Gasteiger partial charge in [-0.15, -0.1) is 0 Å². The van der Waals surface area contributed by atoms with Gasteiger partial charge in [0.25, 0.3) is 0 Å². The van der Waals surface area contributed by atoms with Gasteiger partial charge in [-0.1, -0.05) is 50.3 Å². The Morgan fingerprint density at radius 3 is 2.45 bits per heavy atom. The minimum Gasteiger partial charge on any atom is -0.352 e. The molecule has 0 saturated carbocycles. The highest BCUT2D eigenvalue weighted by Gasteiger charge is 1.96. The van der Waals surface area contributed by atoms with E-state index in [1.165, 1.54) is 12.8 Å². The number of unbranched alkanes of at least 4 members (excludes halogenated alkanes) is 4. The Balaban J connectivity index is 3.46. The molecule has 0 aromatic carbocycles. The number of nitrogens with one attached hydrogen (secondary N) is 1. The topological polar surface area (TPSA) is 29.1 Å². The Kier molecular flexibility index (Phi) is 14.1. The molecule has 2 heteroatoms. The molecule has 0 radical (unpaired) electrons. The van der Waals surface area contributed by atoms with Crippen molar-refractivity contribution in [2.45, 2.75) is 59.3 Å². The molecule has 120 valence electrons. The fourth-order valence-corrected chi connectivity index (χ4v) is 1.67. The largest absolute Gasteiger partial charge is 0.352 e. The van der Waals surface area contributed by atoms with E-state index in [4.69, 9.17) is 0 Å². The van der Waals surface area contributed by atoms with E-state index in [-0.39, 0.29) is 5.91 Å². The summed E-state index contributed by atoms with van der Waals surface area (Å²) in [6.07, 6.45) is 14.3. The van der Waals surface area contributed by atoms with Gasteiger partial charge in [-0.25, -0.2) is 0 Å². The quantitative estimate of drug-likeness (QED) is 0.278. The Labute approximate surface area is 136 Å². The van der Waals surface area contributed by atoms with Gasteiger partial charge in [0, 0.05) is 13.0 Å². The van der Waals surface area contributed by atoms with Gasteiger partial charge in [-0.05, 0) is 56.4 Å². The molecule has 0 rings (SSSR count). The second kappa shape index (κ2) is 15.5. The molecule has 0 aliphatic carbocycles. The molecule has 0 saturated heterocycles. The molecule has 0 fully saturated rings. The zero-order valence-corrected chi connectivity index (χ0v) is 14.2. The number of hydrogen-bond donors (Lipinski definition) is 1.